The highest BCUT2D eigenvalue weighted by atomic mass is 32.2. The second kappa shape index (κ2) is 3.27. The second-order valence-electron chi connectivity index (χ2n) is 1.70. The number of hydrogen-bond acceptors (Lipinski definition) is 3. The van der Waals surface area contributed by atoms with Gasteiger partial charge in [-0.2, -0.15) is 5.87 Å². The highest BCUT2D eigenvalue weighted by molar-refractivity contribution is 7.77. The number of para-hydroxylation sites is 1. The van der Waals surface area contributed by atoms with Crippen molar-refractivity contribution >= 4 is 16.5 Å². The van der Waals surface area contributed by atoms with Crippen molar-refractivity contribution in [1.29, 1.82) is 0 Å². The molecule has 1 aromatic carbocycles. The van der Waals surface area contributed by atoms with Crippen LogP contribution >= 0.6 is 0 Å². The van der Waals surface area contributed by atoms with E-state index >= 15 is 0 Å². The summed E-state index contributed by atoms with van der Waals surface area (Å²) in [6.07, 6.45) is 0. The van der Waals surface area contributed by atoms with Crippen LogP contribution in [0.4, 0.5) is 0 Å². The van der Waals surface area contributed by atoms with Crippen LogP contribution in [-0.2, 0) is 14.9 Å². The van der Waals surface area contributed by atoms with Crippen molar-refractivity contribution in [2.75, 3.05) is 0 Å². The van der Waals surface area contributed by atoms with Gasteiger partial charge in [0.2, 0.25) is 0 Å². The third-order valence-electron chi connectivity index (χ3n) is 0.932. The van der Waals surface area contributed by atoms with Gasteiger partial charge in [-0.1, -0.05) is 18.2 Å². The van der Waals surface area contributed by atoms with E-state index in [1.807, 2.05) is 18.2 Å². The Morgan fingerprint density at radius 2 is 1.90 bits per heavy atom. The molecule has 0 saturated carbocycles. The average molecular weight is 155 g/mol. The van der Waals surface area contributed by atoms with Crippen LogP contribution in [0, 0.1) is 0 Å². The fourth-order valence-electron chi connectivity index (χ4n) is 0.583. The third-order valence-corrected chi connectivity index (χ3v) is 1.31. The van der Waals surface area contributed by atoms with Gasteiger partial charge in [0, 0.05) is 0 Å². The van der Waals surface area contributed by atoms with Crippen molar-refractivity contribution in [2.45, 2.75) is 0 Å². The van der Waals surface area contributed by atoms with Crippen molar-refractivity contribution in [3.63, 3.8) is 0 Å². The van der Waals surface area contributed by atoms with Gasteiger partial charge in [0.15, 0.2) is 0 Å². The van der Waals surface area contributed by atoms with Crippen LogP contribution in [0.1, 0.15) is 0 Å². The van der Waals surface area contributed by atoms with E-state index in [-0.39, 0.29) is 0 Å². The molecule has 0 saturated heterocycles. The molecule has 0 heterocycles. The summed E-state index contributed by atoms with van der Waals surface area (Å²) in [5.74, 6) is 3.76. The molecular weight excluding hydrogens is 148 g/mol. The van der Waals surface area contributed by atoms with E-state index < -0.39 is 10.7 Å². The van der Waals surface area contributed by atoms with Gasteiger partial charge in [0.05, 0.1) is 5.75 Å². The lowest BCUT2D eigenvalue weighted by Gasteiger charge is -2.06. The summed E-state index contributed by atoms with van der Waals surface area (Å²) in [5.41, 5.74) is 0. The van der Waals surface area contributed by atoms with E-state index in [1.54, 1.807) is 12.1 Å². The van der Waals surface area contributed by atoms with Gasteiger partial charge in [-0.25, -0.2) is 0 Å². The fraction of sp³-hybridized carbons (Fsp3) is 0. The van der Waals surface area contributed by atoms with Crippen molar-refractivity contribution in [3.8, 4) is 5.75 Å². The molecule has 10 heavy (non-hydrogen) atoms. The van der Waals surface area contributed by atoms with Crippen LogP contribution in [0.5, 0.6) is 5.75 Å². The zero-order chi connectivity index (χ0) is 7.40. The lowest BCUT2D eigenvalue weighted by atomic mass is 10.3. The molecule has 0 atom stereocenters. The zero-order valence-electron chi connectivity index (χ0n) is 5.32. The normalized spacial score (nSPS) is 9.70. The first-order valence-electron chi connectivity index (χ1n) is 2.74. The van der Waals surface area contributed by atoms with Crippen LogP contribution in [0.25, 0.3) is 0 Å². The summed E-state index contributed by atoms with van der Waals surface area (Å²) in [6.45, 7) is 0. The maximum Gasteiger partial charge on any atom is 0.0992 e. The summed E-state index contributed by atoms with van der Waals surface area (Å²) >= 11 is 0. The molecule has 1 aromatic rings. The SMILES string of the molecule is C=[S-](=O)Oc1ccccc1. The van der Waals surface area contributed by atoms with Crippen LogP contribution in [0.3, 0.4) is 0 Å². The summed E-state index contributed by atoms with van der Waals surface area (Å²) in [4.78, 5) is 0. The topological polar surface area (TPSA) is 26.3 Å². The van der Waals surface area contributed by atoms with Crippen LogP contribution < -0.4 is 4.18 Å². The minimum absolute atomic E-state index is 0.579. The fourth-order valence-corrected chi connectivity index (χ4v) is 0.909. The van der Waals surface area contributed by atoms with Gasteiger partial charge in [-0.15, -0.1) is 10.7 Å². The first-order valence-corrected chi connectivity index (χ1v) is 3.98. The first-order chi connectivity index (χ1) is 4.79. The van der Waals surface area contributed by atoms with E-state index in [0.717, 1.165) is 0 Å². The number of hydrogen-bond donors (Lipinski definition) is 0. The zero-order valence-corrected chi connectivity index (χ0v) is 6.14. The predicted molar refractivity (Wildman–Crippen MR) is 42.2 cm³/mol. The molecule has 3 heteroatoms. The van der Waals surface area contributed by atoms with Gasteiger partial charge in [0.25, 0.3) is 0 Å². The lowest BCUT2D eigenvalue weighted by Crippen LogP contribution is -1.86. The Morgan fingerprint density at radius 3 is 2.40 bits per heavy atom. The van der Waals surface area contributed by atoms with E-state index in [2.05, 4.69) is 5.87 Å². The maximum atomic E-state index is 10.4. The predicted octanol–water partition coefficient (Wildman–Crippen LogP) is 1.38. The molecule has 0 N–H and O–H groups in total. The number of rotatable bonds is 2. The van der Waals surface area contributed by atoms with Crippen LogP contribution in [-0.4, -0.2) is 5.87 Å². The third kappa shape index (κ3) is 2.11. The highest BCUT2D eigenvalue weighted by Gasteiger charge is 1.80. The van der Waals surface area contributed by atoms with Crippen molar-refractivity contribution in [1.82, 2.24) is 0 Å². The highest BCUT2D eigenvalue weighted by Crippen LogP contribution is 2.07. The molecule has 0 aliphatic heterocycles. The smallest absolute Gasteiger partial charge is 0.0992 e. The molecular formula is C7H7O2S-. The lowest BCUT2D eigenvalue weighted by molar-refractivity contribution is 0.535. The molecule has 0 unspecified atom stereocenters. The Morgan fingerprint density at radius 1 is 1.30 bits per heavy atom. The standard InChI is InChI=1S/C7H7O2S/c1-10(8)9-7-5-3-2-4-6-7/h2-6H,1H2/q-1. The molecule has 0 fully saturated rings. The van der Waals surface area contributed by atoms with E-state index in [4.69, 9.17) is 4.18 Å². The van der Waals surface area contributed by atoms with Crippen LogP contribution in [0.15, 0.2) is 30.3 Å². The van der Waals surface area contributed by atoms with Gasteiger partial charge >= 0.3 is 0 Å². The van der Waals surface area contributed by atoms with Gasteiger partial charge < -0.3 is 8.39 Å². The number of benzene rings is 1. The van der Waals surface area contributed by atoms with E-state index in [0.29, 0.717) is 5.75 Å². The molecule has 0 spiro atoms. The Balaban J connectivity index is 2.77. The molecule has 0 radical (unpaired) electrons. The van der Waals surface area contributed by atoms with Crippen molar-refractivity contribution in [2.24, 2.45) is 0 Å². The molecule has 0 bridgehead atoms. The van der Waals surface area contributed by atoms with Crippen molar-refractivity contribution in [3.05, 3.63) is 30.3 Å². The Kier molecular flexibility index (Phi) is 2.34. The first kappa shape index (κ1) is 7.15. The average Bonchev–Trinajstić information content (AvgIpc) is 1.88. The molecule has 0 aliphatic rings. The largest absolute Gasteiger partial charge is 0.561 e. The summed E-state index contributed by atoms with van der Waals surface area (Å²) in [6, 6.07) is 8.93. The molecule has 0 amide bonds. The second-order valence-corrected chi connectivity index (χ2v) is 2.47. The molecule has 0 aliphatic carbocycles. The monoisotopic (exact) mass is 155 g/mol. The van der Waals surface area contributed by atoms with Crippen molar-refractivity contribution < 1.29 is 8.39 Å². The van der Waals surface area contributed by atoms with E-state index in [1.165, 1.54) is 0 Å². The Bertz CT molecular complexity index is 256. The summed E-state index contributed by atoms with van der Waals surface area (Å²) in [7, 11) is -1.47. The molecule has 0 aromatic heterocycles. The van der Waals surface area contributed by atoms with E-state index in [9.17, 15) is 4.21 Å². The Hall–Kier alpha value is -0.960. The molecule has 1 rings (SSSR count). The minimum atomic E-state index is -1.47. The summed E-state index contributed by atoms with van der Waals surface area (Å²) < 4.78 is 15.2. The molecule has 54 valence electrons. The van der Waals surface area contributed by atoms with Crippen LogP contribution in [0.2, 0.25) is 0 Å². The van der Waals surface area contributed by atoms with Gasteiger partial charge in [-0.3, -0.25) is 0 Å². The quantitative estimate of drug-likeness (QED) is 0.476. The summed E-state index contributed by atoms with van der Waals surface area (Å²) in [5, 5.41) is 0. The maximum absolute atomic E-state index is 10.4. The van der Waals surface area contributed by atoms with Gasteiger partial charge in [0.1, 0.15) is 0 Å². The Labute approximate surface area is 61.7 Å². The van der Waals surface area contributed by atoms with Gasteiger partial charge in [-0.05, 0) is 12.1 Å². The molecule has 2 nitrogen and oxygen atoms in total. The minimum Gasteiger partial charge on any atom is -0.561 e.